The number of hydrogen-bond acceptors (Lipinski definition) is 4. The molecule has 2 aromatic rings. The van der Waals surface area contributed by atoms with Gasteiger partial charge >= 0.3 is 0 Å². The van der Waals surface area contributed by atoms with E-state index >= 15 is 0 Å². The Morgan fingerprint density at radius 2 is 2.20 bits per heavy atom. The van der Waals surface area contributed by atoms with Gasteiger partial charge in [-0.2, -0.15) is 5.06 Å². The molecule has 0 unspecified atom stereocenters. The Labute approximate surface area is 117 Å². The van der Waals surface area contributed by atoms with Crippen molar-refractivity contribution in [2.75, 3.05) is 19.7 Å². The summed E-state index contributed by atoms with van der Waals surface area (Å²) in [6.45, 7) is 4.69. The van der Waals surface area contributed by atoms with E-state index in [1.54, 1.807) is 6.07 Å². The number of benzene rings is 1. The normalized spacial score (nSPS) is 17.9. The van der Waals surface area contributed by atoms with E-state index in [0.29, 0.717) is 11.5 Å². The van der Waals surface area contributed by atoms with E-state index in [2.05, 4.69) is 12.1 Å². The lowest BCUT2D eigenvalue weighted by Crippen LogP contribution is -2.33. The predicted octanol–water partition coefficient (Wildman–Crippen LogP) is 3.49. The first-order valence-corrected chi connectivity index (χ1v) is 7.20. The molecule has 1 saturated heterocycles. The van der Waals surface area contributed by atoms with Crippen LogP contribution in [0.25, 0.3) is 11.0 Å². The quantitative estimate of drug-likeness (QED) is 0.858. The summed E-state index contributed by atoms with van der Waals surface area (Å²) in [6.07, 6.45) is 3.00. The standard InChI is InChI=1S/C15H19FN2O2/c1-2-9-19-18-7-5-11(6-8-18)15-13-4-3-12(16)10-14(13)20-17-15/h3-4,10-11H,2,5-9H2,1H3. The smallest absolute Gasteiger partial charge is 0.170 e. The lowest BCUT2D eigenvalue weighted by molar-refractivity contribution is -0.170. The molecule has 1 aliphatic heterocycles. The average Bonchev–Trinajstić information content (AvgIpc) is 2.88. The highest BCUT2D eigenvalue weighted by atomic mass is 19.1. The highest BCUT2D eigenvalue weighted by Crippen LogP contribution is 2.32. The van der Waals surface area contributed by atoms with Crippen LogP contribution >= 0.6 is 0 Å². The Hall–Kier alpha value is -1.46. The topological polar surface area (TPSA) is 38.5 Å². The zero-order valence-electron chi connectivity index (χ0n) is 11.6. The van der Waals surface area contributed by atoms with Crippen LogP contribution in [0.15, 0.2) is 22.7 Å². The van der Waals surface area contributed by atoms with Crippen molar-refractivity contribution in [2.24, 2.45) is 0 Å². The summed E-state index contributed by atoms with van der Waals surface area (Å²) < 4.78 is 18.4. The average molecular weight is 278 g/mol. The van der Waals surface area contributed by atoms with E-state index in [-0.39, 0.29) is 5.82 Å². The van der Waals surface area contributed by atoms with Crippen LogP contribution in [0, 0.1) is 5.82 Å². The molecule has 4 nitrogen and oxygen atoms in total. The molecule has 0 aliphatic carbocycles. The Kier molecular flexibility index (Phi) is 3.98. The van der Waals surface area contributed by atoms with Gasteiger partial charge in [0, 0.05) is 30.5 Å². The third-order valence-corrected chi connectivity index (χ3v) is 3.78. The summed E-state index contributed by atoms with van der Waals surface area (Å²) in [5, 5.41) is 7.11. The molecule has 5 heteroatoms. The molecule has 1 aliphatic rings. The number of fused-ring (bicyclic) bond motifs is 1. The number of hydrogen-bond donors (Lipinski definition) is 0. The second-order valence-electron chi connectivity index (χ2n) is 5.24. The fraction of sp³-hybridized carbons (Fsp3) is 0.533. The number of aromatic nitrogens is 1. The molecular formula is C15H19FN2O2. The minimum atomic E-state index is -0.289. The third kappa shape index (κ3) is 2.69. The number of nitrogens with zero attached hydrogens (tertiary/aromatic N) is 2. The van der Waals surface area contributed by atoms with Crippen LogP contribution in [0.5, 0.6) is 0 Å². The molecule has 1 aromatic heterocycles. The first kappa shape index (κ1) is 13.5. The van der Waals surface area contributed by atoms with Gasteiger partial charge in [0.05, 0.1) is 12.3 Å². The first-order chi connectivity index (χ1) is 9.78. The van der Waals surface area contributed by atoms with Gasteiger partial charge in [0.25, 0.3) is 0 Å². The van der Waals surface area contributed by atoms with Crippen molar-refractivity contribution in [2.45, 2.75) is 32.1 Å². The van der Waals surface area contributed by atoms with Crippen LogP contribution < -0.4 is 0 Å². The SMILES string of the molecule is CCCON1CCC(c2noc3cc(F)ccc23)CC1. The Morgan fingerprint density at radius 3 is 2.95 bits per heavy atom. The molecule has 0 bridgehead atoms. The largest absolute Gasteiger partial charge is 0.356 e. The number of rotatable bonds is 4. The fourth-order valence-corrected chi connectivity index (χ4v) is 2.70. The molecule has 20 heavy (non-hydrogen) atoms. The van der Waals surface area contributed by atoms with Crippen molar-refractivity contribution in [3.8, 4) is 0 Å². The summed E-state index contributed by atoms with van der Waals surface area (Å²) >= 11 is 0. The number of piperidine rings is 1. The van der Waals surface area contributed by atoms with Gasteiger partial charge in [-0.15, -0.1) is 0 Å². The van der Waals surface area contributed by atoms with E-state index in [1.165, 1.54) is 12.1 Å². The van der Waals surface area contributed by atoms with Crippen molar-refractivity contribution in [1.29, 1.82) is 0 Å². The minimum absolute atomic E-state index is 0.289. The zero-order valence-corrected chi connectivity index (χ0v) is 11.6. The van der Waals surface area contributed by atoms with Crippen LogP contribution in [0.4, 0.5) is 4.39 Å². The van der Waals surface area contributed by atoms with Crippen LogP contribution in [-0.4, -0.2) is 29.9 Å². The van der Waals surface area contributed by atoms with E-state index in [0.717, 1.165) is 50.0 Å². The Bertz CT molecular complexity index is 576. The maximum Gasteiger partial charge on any atom is 0.170 e. The predicted molar refractivity (Wildman–Crippen MR) is 73.8 cm³/mol. The van der Waals surface area contributed by atoms with Crippen molar-refractivity contribution < 1.29 is 13.8 Å². The summed E-state index contributed by atoms with van der Waals surface area (Å²) in [6, 6.07) is 4.62. The number of halogens is 1. The van der Waals surface area contributed by atoms with Crippen LogP contribution in [0.1, 0.15) is 37.8 Å². The molecule has 0 amide bonds. The van der Waals surface area contributed by atoms with Crippen molar-refractivity contribution in [3.05, 3.63) is 29.7 Å². The minimum Gasteiger partial charge on any atom is -0.356 e. The molecular weight excluding hydrogens is 259 g/mol. The van der Waals surface area contributed by atoms with Gasteiger partial charge in [0.1, 0.15) is 5.82 Å². The molecule has 0 saturated carbocycles. The van der Waals surface area contributed by atoms with Crippen LogP contribution in [0.3, 0.4) is 0 Å². The molecule has 1 fully saturated rings. The molecule has 0 N–H and O–H groups in total. The maximum atomic E-state index is 13.1. The summed E-state index contributed by atoms with van der Waals surface area (Å²) in [5.74, 6) is 0.0752. The maximum absolute atomic E-state index is 13.1. The second kappa shape index (κ2) is 5.89. The summed E-state index contributed by atoms with van der Waals surface area (Å²) in [7, 11) is 0. The first-order valence-electron chi connectivity index (χ1n) is 7.20. The van der Waals surface area contributed by atoms with Gasteiger partial charge in [0.15, 0.2) is 5.58 Å². The van der Waals surface area contributed by atoms with Crippen molar-refractivity contribution in [1.82, 2.24) is 10.2 Å². The van der Waals surface area contributed by atoms with Gasteiger partial charge in [-0.3, -0.25) is 4.84 Å². The molecule has 108 valence electrons. The zero-order chi connectivity index (χ0) is 13.9. The second-order valence-corrected chi connectivity index (χ2v) is 5.24. The monoisotopic (exact) mass is 278 g/mol. The van der Waals surface area contributed by atoms with E-state index in [9.17, 15) is 4.39 Å². The third-order valence-electron chi connectivity index (χ3n) is 3.78. The van der Waals surface area contributed by atoms with Crippen molar-refractivity contribution >= 4 is 11.0 Å². The lowest BCUT2D eigenvalue weighted by atomic mass is 9.92. The molecule has 3 rings (SSSR count). The van der Waals surface area contributed by atoms with Crippen LogP contribution in [-0.2, 0) is 4.84 Å². The van der Waals surface area contributed by atoms with Gasteiger partial charge in [-0.05, 0) is 31.4 Å². The lowest BCUT2D eigenvalue weighted by Gasteiger charge is -2.30. The van der Waals surface area contributed by atoms with Gasteiger partial charge in [-0.1, -0.05) is 12.1 Å². The Balaban J connectivity index is 1.70. The molecule has 0 atom stereocenters. The van der Waals surface area contributed by atoms with E-state index in [4.69, 9.17) is 9.36 Å². The van der Waals surface area contributed by atoms with E-state index in [1.807, 2.05) is 5.06 Å². The molecule has 1 aromatic carbocycles. The fourth-order valence-electron chi connectivity index (χ4n) is 2.70. The molecule has 0 radical (unpaired) electrons. The molecule has 2 heterocycles. The highest BCUT2D eigenvalue weighted by Gasteiger charge is 2.25. The number of hydroxylamine groups is 2. The highest BCUT2D eigenvalue weighted by molar-refractivity contribution is 5.79. The van der Waals surface area contributed by atoms with Crippen molar-refractivity contribution in [3.63, 3.8) is 0 Å². The van der Waals surface area contributed by atoms with Gasteiger partial charge in [-0.25, -0.2) is 4.39 Å². The van der Waals surface area contributed by atoms with Gasteiger partial charge < -0.3 is 4.52 Å². The Morgan fingerprint density at radius 1 is 1.40 bits per heavy atom. The van der Waals surface area contributed by atoms with E-state index < -0.39 is 0 Å². The summed E-state index contributed by atoms with van der Waals surface area (Å²) in [4.78, 5) is 5.64. The molecule has 0 spiro atoms. The van der Waals surface area contributed by atoms with Gasteiger partial charge in [0.2, 0.25) is 0 Å². The van der Waals surface area contributed by atoms with Crippen LogP contribution in [0.2, 0.25) is 0 Å². The summed E-state index contributed by atoms with van der Waals surface area (Å²) in [5.41, 5.74) is 1.49.